The van der Waals surface area contributed by atoms with Crippen LogP contribution in [-0.4, -0.2) is 49.5 Å². The summed E-state index contributed by atoms with van der Waals surface area (Å²) in [5.41, 5.74) is 7.88. The third-order valence-electron chi connectivity index (χ3n) is 5.52. The number of nitrogens with two attached hydrogens (primary N) is 1. The van der Waals surface area contributed by atoms with Gasteiger partial charge in [-0.05, 0) is 36.6 Å². The van der Waals surface area contributed by atoms with E-state index in [1.165, 1.54) is 19.3 Å². The van der Waals surface area contributed by atoms with Gasteiger partial charge < -0.3 is 25.8 Å². The first kappa shape index (κ1) is 22.0. The maximum absolute atomic E-state index is 12.3. The average molecular weight is 398 g/mol. The van der Waals surface area contributed by atoms with E-state index < -0.39 is 18.1 Å². The summed E-state index contributed by atoms with van der Waals surface area (Å²) in [6.07, 6.45) is 5.61. The van der Waals surface area contributed by atoms with Gasteiger partial charge in [-0.3, -0.25) is 4.79 Å². The fourth-order valence-electron chi connectivity index (χ4n) is 3.92. The number of benzene rings is 1. The molecule has 4 N–H and O–H groups in total. The van der Waals surface area contributed by atoms with E-state index >= 15 is 0 Å². The van der Waals surface area contributed by atoms with Crippen molar-refractivity contribution in [3.05, 3.63) is 24.3 Å². The van der Waals surface area contributed by atoms with E-state index in [4.69, 9.17) is 10.5 Å². The summed E-state index contributed by atoms with van der Waals surface area (Å²) in [7, 11) is 0. The number of hydrogen-bond acceptors (Lipinski definition) is 5. The number of carbonyl (C=O) groups excluding carboxylic acids is 1. The monoisotopic (exact) mass is 397 g/mol. The number of anilines is 2. The van der Waals surface area contributed by atoms with Gasteiger partial charge in [0.1, 0.15) is 6.10 Å². The molecule has 2 aliphatic rings. The van der Waals surface area contributed by atoms with E-state index in [0.717, 1.165) is 44.8 Å². The first-order chi connectivity index (χ1) is 12.6. The highest BCUT2D eigenvalue weighted by atomic mass is 35.5. The predicted octanol–water partition coefficient (Wildman–Crippen LogP) is 2.54. The lowest BCUT2D eigenvalue weighted by Gasteiger charge is -2.29. The lowest BCUT2D eigenvalue weighted by Crippen LogP contribution is -2.44. The van der Waals surface area contributed by atoms with Crippen LogP contribution in [0.25, 0.3) is 0 Å². The van der Waals surface area contributed by atoms with Crippen molar-refractivity contribution in [2.24, 2.45) is 11.7 Å². The van der Waals surface area contributed by atoms with Crippen LogP contribution in [0.2, 0.25) is 0 Å². The molecule has 1 heterocycles. The molecule has 1 aliphatic heterocycles. The van der Waals surface area contributed by atoms with Crippen LogP contribution >= 0.6 is 12.4 Å². The zero-order valence-corrected chi connectivity index (χ0v) is 16.6. The molecule has 1 unspecified atom stereocenters. The number of rotatable bonds is 6. The van der Waals surface area contributed by atoms with Crippen LogP contribution in [0.3, 0.4) is 0 Å². The van der Waals surface area contributed by atoms with Crippen LogP contribution in [0.4, 0.5) is 11.4 Å². The van der Waals surface area contributed by atoms with E-state index in [1.54, 1.807) is 0 Å². The van der Waals surface area contributed by atoms with E-state index in [2.05, 4.69) is 10.2 Å². The quantitative estimate of drug-likeness (QED) is 0.686. The molecule has 0 bridgehead atoms. The molecule has 2 fully saturated rings. The number of nitrogens with one attached hydrogen (secondary N) is 1. The van der Waals surface area contributed by atoms with Gasteiger partial charge in [0.25, 0.3) is 5.91 Å². The van der Waals surface area contributed by atoms with Gasteiger partial charge in [0, 0.05) is 30.5 Å². The maximum atomic E-state index is 12.3. The molecule has 2 atom stereocenters. The highest BCUT2D eigenvalue weighted by Gasteiger charge is 2.26. The molecule has 1 aromatic rings. The van der Waals surface area contributed by atoms with Gasteiger partial charge in [0.05, 0.1) is 13.2 Å². The molecule has 6 nitrogen and oxygen atoms in total. The minimum absolute atomic E-state index is 0. The summed E-state index contributed by atoms with van der Waals surface area (Å²) in [6, 6.07) is 7.18. The van der Waals surface area contributed by atoms with Crippen molar-refractivity contribution in [1.29, 1.82) is 0 Å². The molecular formula is C20H32ClN3O3. The molecule has 1 saturated carbocycles. The summed E-state index contributed by atoms with van der Waals surface area (Å²) in [4.78, 5) is 14.6. The minimum atomic E-state index is -1.17. The summed E-state index contributed by atoms with van der Waals surface area (Å²) in [5, 5.41) is 13.1. The zero-order valence-electron chi connectivity index (χ0n) is 15.8. The summed E-state index contributed by atoms with van der Waals surface area (Å²) >= 11 is 0. The van der Waals surface area contributed by atoms with Crippen LogP contribution in [-0.2, 0) is 9.53 Å². The third kappa shape index (κ3) is 6.35. The van der Waals surface area contributed by atoms with Gasteiger partial charge >= 0.3 is 0 Å². The third-order valence-corrected chi connectivity index (χ3v) is 5.52. The Labute approximate surface area is 167 Å². The molecule has 0 aromatic heterocycles. The Hall–Kier alpha value is -1.34. The molecule has 1 amide bonds. The number of amides is 1. The Morgan fingerprint density at radius 1 is 1.19 bits per heavy atom. The summed E-state index contributed by atoms with van der Waals surface area (Å²) in [6.45, 7) is 3.23. The first-order valence-electron chi connectivity index (χ1n) is 9.81. The second-order valence-corrected chi connectivity index (χ2v) is 7.48. The average Bonchev–Trinajstić information content (AvgIpc) is 2.69. The molecule has 3 rings (SSSR count). The van der Waals surface area contributed by atoms with Crippen molar-refractivity contribution in [2.75, 3.05) is 36.5 Å². The van der Waals surface area contributed by atoms with E-state index in [9.17, 15) is 9.90 Å². The summed E-state index contributed by atoms with van der Waals surface area (Å²) in [5.74, 6) is 0.112. The van der Waals surface area contributed by atoms with Crippen molar-refractivity contribution < 1.29 is 14.6 Å². The molecule has 0 radical (unpaired) electrons. The number of hydrogen-bond donors (Lipinski definition) is 3. The van der Waals surface area contributed by atoms with Crippen LogP contribution in [0.1, 0.15) is 38.5 Å². The van der Waals surface area contributed by atoms with Gasteiger partial charge in [0.2, 0.25) is 0 Å². The molecule has 152 valence electrons. The molecule has 1 aliphatic carbocycles. The van der Waals surface area contributed by atoms with Crippen molar-refractivity contribution in [1.82, 2.24) is 0 Å². The predicted molar refractivity (Wildman–Crippen MR) is 111 cm³/mol. The van der Waals surface area contributed by atoms with Gasteiger partial charge in [-0.2, -0.15) is 0 Å². The van der Waals surface area contributed by atoms with Crippen LogP contribution < -0.4 is 16.0 Å². The normalized spacial score (nSPS) is 20.4. The lowest BCUT2D eigenvalue weighted by atomic mass is 9.84. The number of halogens is 1. The summed E-state index contributed by atoms with van der Waals surface area (Å²) < 4.78 is 5.36. The van der Waals surface area contributed by atoms with Crippen molar-refractivity contribution >= 4 is 29.7 Å². The van der Waals surface area contributed by atoms with Crippen LogP contribution in [0.15, 0.2) is 24.3 Å². The highest BCUT2D eigenvalue weighted by molar-refractivity contribution is 5.94. The van der Waals surface area contributed by atoms with Crippen molar-refractivity contribution in [3.8, 4) is 0 Å². The molecule has 1 saturated heterocycles. The SMILES string of the molecule is Cl.N[C@H](CC1CCCCC1)C(O)C(=O)Nc1ccc(N2CCOCC2)cc1. The number of nitrogens with zero attached hydrogens (tertiary/aromatic N) is 1. The Bertz CT molecular complexity index is 572. The largest absolute Gasteiger partial charge is 0.382 e. The Morgan fingerprint density at radius 2 is 1.81 bits per heavy atom. The fraction of sp³-hybridized carbons (Fsp3) is 0.650. The molecule has 27 heavy (non-hydrogen) atoms. The van der Waals surface area contributed by atoms with E-state index in [0.29, 0.717) is 18.0 Å². The van der Waals surface area contributed by atoms with Crippen LogP contribution in [0, 0.1) is 5.92 Å². The topological polar surface area (TPSA) is 87.8 Å². The number of morpholine rings is 1. The smallest absolute Gasteiger partial charge is 0.254 e. The second kappa shape index (κ2) is 10.9. The number of aliphatic hydroxyl groups excluding tert-OH is 1. The van der Waals surface area contributed by atoms with E-state index in [1.807, 2.05) is 24.3 Å². The van der Waals surface area contributed by atoms with Gasteiger partial charge in [-0.1, -0.05) is 32.1 Å². The molecular weight excluding hydrogens is 366 g/mol. The second-order valence-electron chi connectivity index (χ2n) is 7.48. The molecule has 1 aromatic carbocycles. The van der Waals surface area contributed by atoms with Gasteiger partial charge in [-0.25, -0.2) is 0 Å². The number of aliphatic hydroxyl groups is 1. The van der Waals surface area contributed by atoms with Gasteiger partial charge in [-0.15, -0.1) is 12.4 Å². The van der Waals surface area contributed by atoms with E-state index in [-0.39, 0.29) is 12.4 Å². The Kier molecular flexibility index (Phi) is 8.83. The van der Waals surface area contributed by atoms with Crippen molar-refractivity contribution in [2.45, 2.75) is 50.7 Å². The number of carbonyl (C=O) groups is 1. The molecule has 0 spiro atoms. The van der Waals surface area contributed by atoms with Crippen LogP contribution in [0.5, 0.6) is 0 Å². The Morgan fingerprint density at radius 3 is 2.44 bits per heavy atom. The minimum Gasteiger partial charge on any atom is -0.382 e. The zero-order chi connectivity index (χ0) is 18.4. The first-order valence-corrected chi connectivity index (χ1v) is 9.81. The standard InChI is InChI=1S/C20H31N3O3.ClH/c21-18(14-15-4-2-1-3-5-15)19(24)20(25)22-16-6-8-17(9-7-16)23-10-12-26-13-11-23;/h6-9,15,18-19,24H,1-5,10-14,21H2,(H,22,25);1H/t18-,19?;/m1./s1. The highest BCUT2D eigenvalue weighted by Crippen LogP contribution is 2.27. The fourth-order valence-corrected chi connectivity index (χ4v) is 3.92. The van der Waals surface area contributed by atoms with Crippen molar-refractivity contribution in [3.63, 3.8) is 0 Å². The Balaban J connectivity index is 0.00000261. The molecule has 7 heteroatoms. The van der Waals surface area contributed by atoms with Gasteiger partial charge in [0.15, 0.2) is 0 Å². The number of ether oxygens (including phenoxy) is 1. The maximum Gasteiger partial charge on any atom is 0.254 e. The lowest BCUT2D eigenvalue weighted by molar-refractivity contribution is -0.125.